The van der Waals surface area contributed by atoms with Gasteiger partial charge < -0.3 is 5.32 Å². The first-order chi connectivity index (χ1) is 10.6. The Balaban J connectivity index is 1.80. The van der Waals surface area contributed by atoms with E-state index in [-0.39, 0.29) is 5.91 Å². The average molecular weight is 350 g/mol. The summed E-state index contributed by atoms with van der Waals surface area (Å²) in [7, 11) is 0. The van der Waals surface area contributed by atoms with E-state index in [0.29, 0.717) is 21.4 Å². The zero-order chi connectivity index (χ0) is 15.5. The fraction of sp³-hybridized carbons (Fsp3) is 0. The van der Waals surface area contributed by atoms with Gasteiger partial charge in [0.05, 0.1) is 10.7 Å². The van der Waals surface area contributed by atoms with Crippen molar-refractivity contribution in [3.05, 3.63) is 63.8 Å². The number of thiazole rings is 1. The van der Waals surface area contributed by atoms with E-state index >= 15 is 0 Å². The van der Waals surface area contributed by atoms with Crippen LogP contribution in [0.2, 0.25) is 10.0 Å². The van der Waals surface area contributed by atoms with Crippen LogP contribution in [0.1, 0.15) is 10.5 Å². The van der Waals surface area contributed by atoms with Gasteiger partial charge in [-0.2, -0.15) is 0 Å². The minimum Gasteiger partial charge on any atom is -0.319 e. The Hall–Kier alpha value is -1.95. The standard InChI is InChI=1S/C15H9Cl2N3OS/c16-10-1-2-12(11(17)7-10)19-14(21)13-8-22-15(20-13)9-3-5-18-6-4-9/h1-8H,(H,19,21). The molecule has 22 heavy (non-hydrogen) atoms. The van der Waals surface area contributed by atoms with Gasteiger partial charge in [-0.3, -0.25) is 9.78 Å². The smallest absolute Gasteiger partial charge is 0.275 e. The van der Waals surface area contributed by atoms with E-state index in [0.717, 1.165) is 10.6 Å². The number of benzene rings is 1. The minimum absolute atomic E-state index is 0.319. The van der Waals surface area contributed by atoms with Crippen LogP contribution < -0.4 is 5.32 Å². The highest BCUT2D eigenvalue weighted by atomic mass is 35.5. The first-order valence-electron chi connectivity index (χ1n) is 6.26. The van der Waals surface area contributed by atoms with Crippen LogP contribution in [0.25, 0.3) is 10.6 Å². The zero-order valence-electron chi connectivity index (χ0n) is 11.1. The van der Waals surface area contributed by atoms with E-state index in [4.69, 9.17) is 23.2 Å². The highest BCUT2D eigenvalue weighted by molar-refractivity contribution is 7.13. The number of amides is 1. The molecule has 7 heteroatoms. The largest absolute Gasteiger partial charge is 0.319 e. The summed E-state index contributed by atoms with van der Waals surface area (Å²) in [5, 5.41) is 6.07. The molecule has 0 aliphatic rings. The molecule has 0 fully saturated rings. The number of halogens is 2. The second-order valence-electron chi connectivity index (χ2n) is 4.35. The fourth-order valence-electron chi connectivity index (χ4n) is 1.78. The normalized spacial score (nSPS) is 10.5. The minimum atomic E-state index is -0.319. The molecule has 0 saturated carbocycles. The lowest BCUT2D eigenvalue weighted by atomic mass is 10.3. The predicted molar refractivity (Wildman–Crippen MR) is 89.8 cm³/mol. The Morgan fingerprint density at radius 2 is 1.91 bits per heavy atom. The van der Waals surface area contributed by atoms with Crippen molar-refractivity contribution in [3.8, 4) is 10.6 Å². The summed E-state index contributed by atoms with van der Waals surface area (Å²) in [5.41, 5.74) is 1.75. The van der Waals surface area contributed by atoms with Crippen molar-refractivity contribution in [2.75, 3.05) is 5.32 Å². The molecule has 0 unspecified atom stereocenters. The van der Waals surface area contributed by atoms with Crippen molar-refractivity contribution in [1.82, 2.24) is 9.97 Å². The predicted octanol–water partition coefficient (Wildman–Crippen LogP) is 4.76. The number of nitrogens with zero attached hydrogens (tertiary/aromatic N) is 2. The van der Waals surface area contributed by atoms with Gasteiger partial charge in [-0.1, -0.05) is 23.2 Å². The van der Waals surface area contributed by atoms with E-state index in [1.54, 1.807) is 36.0 Å². The molecule has 0 radical (unpaired) electrons. The summed E-state index contributed by atoms with van der Waals surface area (Å²) in [5.74, 6) is -0.319. The molecule has 3 rings (SSSR count). The van der Waals surface area contributed by atoms with Crippen LogP contribution in [0.5, 0.6) is 0 Å². The van der Waals surface area contributed by atoms with E-state index in [9.17, 15) is 4.79 Å². The summed E-state index contributed by atoms with van der Waals surface area (Å²) in [6, 6.07) is 8.57. The van der Waals surface area contributed by atoms with E-state index in [1.807, 2.05) is 12.1 Å². The third kappa shape index (κ3) is 3.27. The van der Waals surface area contributed by atoms with Crippen molar-refractivity contribution in [1.29, 1.82) is 0 Å². The highest BCUT2D eigenvalue weighted by Crippen LogP contribution is 2.27. The van der Waals surface area contributed by atoms with Gasteiger partial charge >= 0.3 is 0 Å². The Morgan fingerprint density at radius 3 is 2.64 bits per heavy atom. The number of hydrogen-bond donors (Lipinski definition) is 1. The summed E-state index contributed by atoms with van der Waals surface area (Å²) >= 11 is 13.3. The lowest BCUT2D eigenvalue weighted by Gasteiger charge is -2.05. The SMILES string of the molecule is O=C(Nc1ccc(Cl)cc1Cl)c1csc(-c2ccncc2)n1. The molecule has 0 bridgehead atoms. The second-order valence-corrected chi connectivity index (χ2v) is 6.05. The van der Waals surface area contributed by atoms with Gasteiger partial charge in [0.25, 0.3) is 5.91 Å². The molecule has 0 aliphatic carbocycles. The molecule has 0 spiro atoms. The number of carbonyl (C=O) groups is 1. The average Bonchev–Trinajstić information content (AvgIpc) is 3.01. The summed E-state index contributed by atoms with van der Waals surface area (Å²) in [6.07, 6.45) is 3.37. The lowest BCUT2D eigenvalue weighted by Crippen LogP contribution is -2.12. The van der Waals surface area contributed by atoms with Crippen LogP contribution >= 0.6 is 34.5 Å². The van der Waals surface area contributed by atoms with Crippen LogP contribution in [-0.4, -0.2) is 15.9 Å². The lowest BCUT2D eigenvalue weighted by molar-refractivity contribution is 0.102. The quantitative estimate of drug-likeness (QED) is 0.741. The third-order valence-electron chi connectivity index (χ3n) is 2.84. The number of nitrogens with one attached hydrogen (secondary N) is 1. The number of hydrogen-bond acceptors (Lipinski definition) is 4. The maximum absolute atomic E-state index is 12.2. The van der Waals surface area contributed by atoms with Gasteiger partial charge in [-0.05, 0) is 30.3 Å². The molecule has 4 nitrogen and oxygen atoms in total. The van der Waals surface area contributed by atoms with Gasteiger partial charge in [0, 0.05) is 28.4 Å². The molecule has 1 N–H and O–H groups in total. The molecular weight excluding hydrogens is 341 g/mol. The van der Waals surface area contributed by atoms with Crippen molar-refractivity contribution in [2.45, 2.75) is 0 Å². The van der Waals surface area contributed by atoms with Crippen molar-refractivity contribution < 1.29 is 4.79 Å². The van der Waals surface area contributed by atoms with Crippen molar-refractivity contribution in [2.24, 2.45) is 0 Å². The van der Waals surface area contributed by atoms with Crippen LogP contribution in [0.3, 0.4) is 0 Å². The monoisotopic (exact) mass is 349 g/mol. The Morgan fingerprint density at radius 1 is 1.14 bits per heavy atom. The first kappa shape index (κ1) is 15.0. The third-order valence-corrected chi connectivity index (χ3v) is 4.28. The topological polar surface area (TPSA) is 54.9 Å². The molecule has 3 aromatic rings. The van der Waals surface area contributed by atoms with Crippen LogP contribution in [-0.2, 0) is 0 Å². The Labute approximate surface area is 140 Å². The molecule has 2 heterocycles. The van der Waals surface area contributed by atoms with E-state index in [1.165, 1.54) is 11.3 Å². The van der Waals surface area contributed by atoms with E-state index < -0.39 is 0 Å². The molecule has 0 saturated heterocycles. The van der Waals surface area contributed by atoms with Gasteiger partial charge in [0.1, 0.15) is 10.7 Å². The highest BCUT2D eigenvalue weighted by Gasteiger charge is 2.13. The Kier molecular flexibility index (Phi) is 4.38. The van der Waals surface area contributed by atoms with Crippen LogP contribution in [0, 0.1) is 0 Å². The number of aromatic nitrogens is 2. The van der Waals surface area contributed by atoms with Gasteiger partial charge in [-0.25, -0.2) is 4.98 Å². The summed E-state index contributed by atoms with van der Waals surface area (Å²) in [6.45, 7) is 0. The van der Waals surface area contributed by atoms with Crippen LogP contribution in [0.4, 0.5) is 5.69 Å². The molecular formula is C15H9Cl2N3OS. The number of pyridine rings is 1. The van der Waals surface area contributed by atoms with Gasteiger partial charge in [-0.15, -0.1) is 11.3 Å². The zero-order valence-corrected chi connectivity index (χ0v) is 13.4. The molecule has 1 amide bonds. The van der Waals surface area contributed by atoms with Gasteiger partial charge in [0.15, 0.2) is 0 Å². The molecule has 0 aliphatic heterocycles. The van der Waals surface area contributed by atoms with Crippen molar-refractivity contribution in [3.63, 3.8) is 0 Å². The van der Waals surface area contributed by atoms with Gasteiger partial charge in [0.2, 0.25) is 0 Å². The first-order valence-corrected chi connectivity index (χ1v) is 7.89. The maximum atomic E-state index is 12.2. The Bertz CT molecular complexity index is 821. The fourth-order valence-corrected chi connectivity index (χ4v) is 3.04. The van der Waals surface area contributed by atoms with Crippen molar-refractivity contribution >= 4 is 46.1 Å². The molecule has 1 aromatic carbocycles. The molecule has 2 aromatic heterocycles. The molecule has 110 valence electrons. The van der Waals surface area contributed by atoms with Crippen LogP contribution in [0.15, 0.2) is 48.1 Å². The number of anilines is 1. The molecule has 0 atom stereocenters. The number of carbonyl (C=O) groups excluding carboxylic acids is 1. The summed E-state index contributed by atoms with van der Waals surface area (Å²) in [4.78, 5) is 20.5. The second kappa shape index (κ2) is 6.44. The van der Waals surface area contributed by atoms with E-state index in [2.05, 4.69) is 15.3 Å². The number of rotatable bonds is 3. The summed E-state index contributed by atoms with van der Waals surface area (Å²) < 4.78 is 0. The maximum Gasteiger partial charge on any atom is 0.275 e.